The monoisotopic (exact) mass is 305 g/mol. The van der Waals surface area contributed by atoms with Crippen LogP contribution in [-0.4, -0.2) is 17.5 Å². The molecule has 2 rings (SSSR count). The minimum atomic E-state index is -0.326. The molecule has 2 aromatic rings. The summed E-state index contributed by atoms with van der Waals surface area (Å²) in [5, 5.41) is 3.17. The van der Waals surface area contributed by atoms with E-state index in [-0.39, 0.29) is 11.6 Å². The van der Waals surface area contributed by atoms with Gasteiger partial charge >= 0.3 is 0 Å². The van der Waals surface area contributed by atoms with Gasteiger partial charge in [0.25, 0.3) is 5.91 Å². The summed E-state index contributed by atoms with van der Waals surface area (Å²) in [5.41, 5.74) is 6.90. The molecule has 0 saturated carbocycles. The van der Waals surface area contributed by atoms with E-state index in [1.807, 2.05) is 6.92 Å². The second-order valence-corrected chi connectivity index (χ2v) is 4.83. The predicted octanol–water partition coefficient (Wildman–Crippen LogP) is 3.36. The predicted molar refractivity (Wildman–Crippen MR) is 83.8 cm³/mol. The number of nitrogens with zero attached hydrogens (tertiary/aromatic N) is 1. The van der Waals surface area contributed by atoms with Crippen molar-refractivity contribution in [3.63, 3.8) is 0 Å². The number of anilines is 2. The third-order valence-electron chi connectivity index (χ3n) is 2.67. The van der Waals surface area contributed by atoms with Gasteiger partial charge in [0.05, 0.1) is 23.5 Å². The highest BCUT2D eigenvalue weighted by atomic mass is 35.5. The average Bonchev–Trinajstić information content (AvgIpc) is 2.47. The first-order valence-corrected chi connectivity index (χ1v) is 6.93. The number of benzene rings is 1. The van der Waals surface area contributed by atoms with E-state index in [1.165, 1.54) is 6.20 Å². The van der Waals surface area contributed by atoms with Crippen LogP contribution in [0.4, 0.5) is 11.4 Å². The largest absolute Gasteiger partial charge is 0.492 e. The summed E-state index contributed by atoms with van der Waals surface area (Å²) in [7, 11) is 0. The van der Waals surface area contributed by atoms with Gasteiger partial charge in [-0.3, -0.25) is 4.79 Å². The molecule has 0 aliphatic carbocycles. The zero-order chi connectivity index (χ0) is 15.2. The van der Waals surface area contributed by atoms with Crippen molar-refractivity contribution in [3.05, 3.63) is 47.2 Å². The van der Waals surface area contributed by atoms with Crippen molar-refractivity contribution in [1.29, 1.82) is 0 Å². The summed E-state index contributed by atoms with van der Waals surface area (Å²) in [6, 6.07) is 8.28. The highest BCUT2D eigenvalue weighted by Gasteiger charge is 2.09. The first-order valence-electron chi connectivity index (χ1n) is 6.55. The van der Waals surface area contributed by atoms with Gasteiger partial charge < -0.3 is 15.8 Å². The Bertz CT molecular complexity index is 629. The molecule has 0 saturated heterocycles. The van der Waals surface area contributed by atoms with Crippen LogP contribution in [0.1, 0.15) is 23.8 Å². The third kappa shape index (κ3) is 4.10. The van der Waals surface area contributed by atoms with E-state index in [0.29, 0.717) is 28.8 Å². The SMILES string of the molecule is CCCOc1ccc(NC(=O)c2ccc(N)cn2)cc1Cl. The van der Waals surface area contributed by atoms with Crippen molar-refractivity contribution in [2.24, 2.45) is 0 Å². The topological polar surface area (TPSA) is 77.2 Å². The summed E-state index contributed by atoms with van der Waals surface area (Å²) in [4.78, 5) is 16.0. The summed E-state index contributed by atoms with van der Waals surface area (Å²) in [6.45, 7) is 2.61. The lowest BCUT2D eigenvalue weighted by Gasteiger charge is -2.09. The van der Waals surface area contributed by atoms with E-state index in [4.69, 9.17) is 22.1 Å². The van der Waals surface area contributed by atoms with Crippen LogP contribution in [0, 0.1) is 0 Å². The quantitative estimate of drug-likeness (QED) is 0.888. The highest BCUT2D eigenvalue weighted by Crippen LogP contribution is 2.28. The number of halogens is 1. The van der Waals surface area contributed by atoms with Gasteiger partial charge in [0.15, 0.2) is 0 Å². The molecular weight excluding hydrogens is 290 g/mol. The first kappa shape index (κ1) is 15.1. The molecule has 1 amide bonds. The maximum absolute atomic E-state index is 12.0. The van der Waals surface area contributed by atoms with Gasteiger partial charge in [-0.25, -0.2) is 4.98 Å². The van der Waals surface area contributed by atoms with E-state index < -0.39 is 0 Å². The maximum atomic E-state index is 12.0. The third-order valence-corrected chi connectivity index (χ3v) is 2.97. The number of ether oxygens (including phenoxy) is 1. The number of carbonyl (C=O) groups is 1. The molecule has 1 aromatic carbocycles. The number of nitrogens with two attached hydrogens (primary N) is 1. The van der Waals surface area contributed by atoms with Crippen LogP contribution in [0.5, 0.6) is 5.75 Å². The van der Waals surface area contributed by atoms with E-state index >= 15 is 0 Å². The minimum absolute atomic E-state index is 0.284. The average molecular weight is 306 g/mol. The molecule has 3 N–H and O–H groups in total. The Hall–Kier alpha value is -2.27. The van der Waals surface area contributed by atoms with Crippen molar-refractivity contribution in [3.8, 4) is 5.75 Å². The van der Waals surface area contributed by atoms with Crippen molar-refractivity contribution in [2.45, 2.75) is 13.3 Å². The van der Waals surface area contributed by atoms with Crippen molar-refractivity contribution < 1.29 is 9.53 Å². The number of carbonyl (C=O) groups excluding carboxylic acids is 1. The normalized spacial score (nSPS) is 10.2. The Balaban J connectivity index is 2.07. The van der Waals surface area contributed by atoms with Crippen molar-refractivity contribution in [1.82, 2.24) is 4.98 Å². The second kappa shape index (κ2) is 6.95. The number of nitrogen functional groups attached to an aromatic ring is 1. The molecular formula is C15H16ClN3O2. The number of pyridine rings is 1. The highest BCUT2D eigenvalue weighted by molar-refractivity contribution is 6.32. The van der Waals surface area contributed by atoms with Gasteiger partial charge in [0.1, 0.15) is 11.4 Å². The molecule has 6 heteroatoms. The molecule has 21 heavy (non-hydrogen) atoms. The van der Waals surface area contributed by atoms with E-state index in [0.717, 1.165) is 6.42 Å². The van der Waals surface area contributed by atoms with Crippen molar-refractivity contribution >= 4 is 28.9 Å². The number of rotatable bonds is 5. The Labute approximate surface area is 128 Å². The first-order chi connectivity index (χ1) is 10.1. The Morgan fingerprint density at radius 3 is 2.81 bits per heavy atom. The van der Waals surface area contributed by atoms with Crippen LogP contribution in [-0.2, 0) is 0 Å². The van der Waals surface area contributed by atoms with Gasteiger partial charge in [0, 0.05) is 5.69 Å². The number of hydrogen-bond donors (Lipinski definition) is 2. The smallest absolute Gasteiger partial charge is 0.274 e. The van der Waals surface area contributed by atoms with Gasteiger partial charge in [-0.2, -0.15) is 0 Å². The molecule has 0 aliphatic heterocycles. The number of hydrogen-bond acceptors (Lipinski definition) is 4. The van der Waals surface area contributed by atoms with Gasteiger partial charge in [-0.05, 0) is 36.8 Å². The van der Waals surface area contributed by atoms with Crippen LogP contribution in [0.2, 0.25) is 5.02 Å². The number of amides is 1. The van der Waals surface area contributed by atoms with E-state index in [2.05, 4.69) is 10.3 Å². The van der Waals surface area contributed by atoms with Crippen molar-refractivity contribution in [2.75, 3.05) is 17.7 Å². The summed E-state index contributed by atoms with van der Waals surface area (Å²) >= 11 is 6.11. The Kier molecular flexibility index (Phi) is 5.00. The van der Waals surface area contributed by atoms with Gasteiger partial charge in [-0.1, -0.05) is 18.5 Å². The van der Waals surface area contributed by atoms with Crippen LogP contribution >= 0.6 is 11.6 Å². The zero-order valence-corrected chi connectivity index (χ0v) is 12.4. The van der Waals surface area contributed by atoms with Gasteiger partial charge in [0.2, 0.25) is 0 Å². The number of nitrogens with one attached hydrogen (secondary N) is 1. The minimum Gasteiger partial charge on any atom is -0.492 e. The summed E-state index contributed by atoms with van der Waals surface area (Å²) < 4.78 is 5.47. The molecule has 0 atom stereocenters. The molecule has 0 aliphatic rings. The number of aromatic nitrogens is 1. The summed E-state index contributed by atoms with van der Waals surface area (Å²) in [5.74, 6) is 0.274. The van der Waals surface area contributed by atoms with Crippen LogP contribution < -0.4 is 15.8 Å². The Morgan fingerprint density at radius 1 is 1.38 bits per heavy atom. The van der Waals surface area contributed by atoms with Crippen LogP contribution in [0.3, 0.4) is 0 Å². The fraction of sp³-hybridized carbons (Fsp3) is 0.200. The van der Waals surface area contributed by atoms with E-state index in [9.17, 15) is 4.79 Å². The molecule has 0 radical (unpaired) electrons. The van der Waals surface area contributed by atoms with Gasteiger partial charge in [-0.15, -0.1) is 0 Å². The standard InChI is InChI=1S/C15H16ClN3O2/c1-2-7-21-14-6-4-11(8-12(14)16)19-15(20)13-5-3-10(17)9-18-13/h3-6,8-9H,2,7,17H2,1H3,(H,19,20). The second-order valence-electron chi connectivity index (χ2n) is 4.42. The molecule has 0 fully saturated rings. The van der Waals surface area contributed by atoms with Crippen LogP contribution in [0.25, 0.3) is 0 Å². The van der Waals surface area contributed by atoms with Crippen LogP contribution in [0.15, 0.2) is 36.5 Å². The fourth-order valence-electron chi connectivity index (χ4n) is 1.64. The fourth-order valence-corrected chi connectivity index (χ4v) is 1.88. The lowest BCUT2D eigenvalue weighted by Crippen LogP contribution is -2.13. The lowest BCUT2D eigenvalue weighted by molar-refractivity contribution is 0.102. The molecule has 5 nitrogen and oxygen atoms in total. The molecule has 1 heterocycles. The maximum Gasteiger partial charge on any atom is 0.274 e. The molecule has 110 valence electrons. The molecule has 0 bridgehead atoms. The molecule has 0 unspecified atom stereocenters. The lowest BCUT2D eigenvalue weighted by atomic mass is 10.2. The summed E-state index contributed by atoms with van der Waals surface area (Å²) in [6.07, 6.45) is 2.33. The van der Waals surface area contributed by atoms with E-state index in [1.54, 1.807) is 30.3 Å². The Morgan fingerprint density at radius 2 is 2.19 bits per heavy atom. The molecule has 1 aromatic heterocycles. The molecule has 0 spiro atoms. The zero-order valence-electron chi connectivity index (χ0n) is 11.6.